The van der Waals surface area contributed by atoms with Crippen LogP contribution in [0.15, 0.2) is 30.3 Å². The summed E-state index contributed by atoms with van der Waals surface area (Å²) in [6, 6.07) is 6.43. The molecule has 1 aromatic heterocycles. The van der Waals surface area contributed by atoms with Crippen molar-refractivity contribution in [2.45, 2.75) is 57.7 Å². The number of alkyl halides is 2. The summed E-state index contributed by atoms with van der Waals surface area (Å²) in [5.41, 5.74) is -0.138. The van der Waals surface area contributed by atoms with E-state index in [1.165, 1.54) is 19.2 Å². The molecule has 1 N–H and O–H groups in total. The maximum absolute atomic E-state index is 15.6. The first-order valence-electron chi connectivity index (χ1n) is 14.1. The number of ether oxygens (including phenoxy) is 3. The number of aryl methyl sites for hydroxylation is 1. The average molecular weight is 588 g/mol. The van der Waals surface area contributed by atoms with Crippen LogP contribution in [0, 0.1) is 12.7 Å². The molecule has 226 valence electrons. The number of benzene rings is 2. The Morgan fingerprint density at radius 2 is 2.00 bits per heavy atom. The highest BCUT2D eigenvalue weighted by Crippen LogP contribution is 2.41. The van der Waals surface area contributed by atoms with Crippen molar-refractivity contribution in [1.29, 1.82) is 0 Å². The van der Waals surface area contributed by atoms with Crippen molar-refractivity contribution < 1.29 is 32.2 Å². The van der Waals surface area contributed by atoms with Gasteiger partial charge in [0.15, 0.2) is 11.5 Å². The van der Waals surface area contributed by atoms with Gasteiger partial charge in [-0.15, -0.1) is 0 Å². The van der Waals surface area contributed by atoms with E-state index in [2.05, 4.69) is 20.2 Å². The lowest BCUT2D eigenvalue weighted by atomic mass is 9.96. The first-order chi connectivity index (χ1) is 20.0. The lowest BCUT2D eigenvalue weighted by Gasteiger charge is -2.37. The monoisotopic (exact) mass is 587 g/mol. The number of hydrogen-bond donors (Lipinski definition) is 1. The van der Waals surface area contributed by atoms with Gasteiger partial charge in [-0.1, -0.05) is 12.1 Å². The summed E-state index contributed by atoms with van der Waals surface area (Å²) in [5, 5.41) is 3.65. The zero-order valence-electron chi connectivity index (χ0n) is 24.4. The van der Waals surface area contributed by atoms with Gasteiger partial charge >= 0.3 is 12.0 Å². The number of nitrogens with one attached hydrogen (secondary N) is 1. The fraction of sp³-hybridized carbons (Fsp3) is 0.500. The summed E-state index contributed by atoms with van der Waals surface area (Å²) in [4.78, 5) is 25.9. The smallest absolute Gasteiger partial charge is 0.415 e. The van der Waals surface area contributed by atoms with E-state index in [0.717, 1.165) is 19.2 Å². The normalized spacial score (nSPS) is 20.5. The molecule has 2 aromatic carbocycles. The van der Waals surface area contributed by atoms with E-state index in [1.54, 1.807) is 30.9 Å². The molecule has 1 amide bonds. The number of methoxy groups -OCH3 is 1. The molecular formula is C30H36F3N5O4. The van der Waals surface area contributed by atoms with Gasteiger partial charge in [0, 0.05) is 49.3 Å². The van der Waals surface area contributed by atoms with E-state index in [4.69, 9.17) is 14.2 Å². The number of fused-ring (bicyclic) bond motifs is 1. The van der Waals surface area contributed by atoms with Gasteiger partial charge in [-0.3, -0.25) is 0 Å². The van der Waals surface area contributed by atoms with Gasteiger partial charge in [0.05, 0.1) is 24.2 Å². The number of likely N-dealkylation sites (N-methyl/N-ethyl adjacent to an activating group) is 1. The number of aromatic nitrogens is 2. The molecule has 3 heterocycles. The van der Waals surface area contributed by atoms with Crippen LogP contribution in [0.3, 0.4) is 0 Å². The zero-order chi connectivity index (χ0) is 30.2. The van der Waals surface area contributed by atoms with Crippen LogP contribution < -0.4 is 14.8 Å². The third-order valence-corrected chi connectivity index (χ3v) is 7.90. The number of piperazine rings is 1. The molecule has 0 saturated carbocycles. The number of rotatable bonds is 7. The summed E-state index contributed by atoms with van der Waals surface area (Å²) in [7, 11) is 3.47. The second-order valence-corrected chi connectivity index (χ2v) is 11.0. The molecule has 42 heavy (non-hydrogen) atoms. The Morgan fingerprint density at radius 3 is 2.69 bits per heavy atom. The molecule has 0 spiro atoms. The highest BCUT2D eigenvalue weighted by atomic mass is 19.3. The summed E-state index contributed by atoms with van der Waals surface area (Å²) >= 11 is 0. The third-order valence-electron chi connectivity index (χ3n) is 7.90. The Balaban J connectivity index is 1.46. The van der Waals surface area contributed by atoms with Crippen LogP contribution in [0.5, 0.6) is 11.5 Å². The van der Waals surface area contributed by atoms with Crippen molar-refractivity contribution in [3.63, 3.8) is 0 Å². The van der Waals surface area contributed by atoms with Gasteiger partial charge in [0.25, 0.3) is 0 Å². The molecule has 0 aliphatic carbocycles. The SMILES string of the molecule is COc1cc2nc(C)nc(N[C@H](C)c3cccc(C(F)(F)C4CCCO4)c3F)c2cc1OC(=O)N1CCN(C)CC1C. The summed E-state index contributed by atoms with van der Waals surface area (Å²) < 4.78 is 62.5. The van der Waals surface area contributed by atoms with Gasteiger partial charge in [-0.25, -0.2) is 19.2 Å². The molecule has 2 aliphatic rings. The van der Waals surface area contributed by atoms with Crippen molar-refractivity contribution in [1.82, 2.24) is 19.8 Å². The fourth-order valence-corrected chi connectivity index (χ4v) is 5.63. The molecule has 3 atom stereocenters. The number of carbonyl (C=O) groups excluding carboxylic acids is 1. The van der Waals surface area contributed by atoms with Crippen LogP contribution in [0.25, 0.3) is 10.9 Å². The maximum atomic E-state index is 15.6. The second-order valence-electron chi connectivity index (χ2n) is 11.0. The largest absolute Gasteiger partial charge is 0.493 e. The first-order valence-corrected chi connectivity index (χ1v) is 14.1. The van der Waals surface area contributed by atoms with Crippen molar-refractivity contribution in [2.75, 3.05) is 45.7 Å². The lowest BCUT2D eigenvalue weighted by Crippen LogP contribution is -2.53. The Kier molecular flexibility index (Phi) is 8.47. The van der Waals surface area contributed by atoms with Crippen molar-refractivity contribution in [3.8, 4) is 11.5 Å². The number of carbonyl (C=O) groups is 1. The average Bonchev–Trinajstić information content (AvgIpc) is 3.49. The van der Waals surface area contributed by atoms with Gasteiger partial charge in [0.2, 0.25) is 0 Å². The van der Waals surface area contributed by atoms with Crippen LogP contribution in [0.2, 0.25) is 0 Å². The minimum Gasteiger partial charge on any atom is -0.493 e. The van der Waals surface area contributed by atoms with E-state index in [9.17, 15) is 4.79 Å². The van der Waals surface area contributed by atoms with Crippen molar-refractivity contribution in [2.24, 2.45) is 0 Å². The molecule has 2 saturated heterocycles. The van der Waals surface area contributed by atoms with Crippen LogP contribution >= 0.6 is 0 Å². The van der Waals surface area contributed by atoms with Gasteiger partial charge in [0.1, 0.15) is 23.6 Å². The van der Waals surface area contributed by atoms with Crippen molar-refractivity contribution in [3.05, 3.63) is 53.1 Å². The number of nitrogens with zero attached hydrogens (tertiary/aromatic N) is 4. The van der Waals surface area contributed by atoms with E-state index in [0.29, 0.717) is 41.3 Å². The third kappa shape index (κ3) is 5.82. The number of hydrogen-bond acceptors (Lipinski definition) is 8. The van der Waals surface area contributed by atoms with E-state index in [-0.39, 0.29) is 30.4 Å². The predicted molar refractivity (Wildman–Crippen MR) is 152 cm³/mol. The summed E-state index contributed by atoms with van der Waals surface area (Å²) in [5.74, 6) is -3.22. The molecule has 2 unspecified atom stereocenters. The summed E-state index contributed by atoms with van der Waals surface area (Å²) in [6.07, 6.45) is -1.18. The van der Waals surface area contributed by atoms with E-state index in [1.807, 2.05) is 14.0 Å². The standard InChI is InChI=1S/C30H36F3N5O4/c1-17-16-37(4)11-12-38(17)29(39)42-25-14-21-23(15-24(25)40-5)35-19(3)36-28(21)34-18(2)20-8-6-9-22(27(20)31)30(32,33)26-10-7-13-41-26/h6,8-9,14-15,17-18,26H,7,10-13,16H2,1-5H3,(H,34,35,36)/t17?,18-,26?/m1/s1. The van der Waals surface area contributed by atoms with Crippen LogP contribution in [-0.4, -0.2) is 78.4 Å². The van der Waals surface area contributed by atoms with Gasteiger partial charge < -0.3 is 29.3 Å². The van der Waals surface area contributed by atoms with Gasteiger partial charge in [-0.05, 0) is 52.8 Å². The molecule has 2 aliphatic heterocycles. The minimum absolute atomic E-state index is 0.0370. The Labute approximate surface area is 243 Å². The van der Waals surface area contributed by atoms with Crippen molar-refractivity contribution >= 4 is 22.8 Å². The molecule has 0 radical (unpaired) electrons. The molecule has 5 rings (SSSR count). The number of halogens is 3. The topological polar surface area (TPSA) is 89.1 Å². The summed E-state index contributed by atoms with van der Waals surface area (Å²) in [6.45, 7) is 7.53. The molecule has 2 fully saturated rings. The number of amides is 1. The van der Waals surface area contributed by atoms with Gasteiger partial charge in [-0.2, -0.15) is 8.78 Å². The molecule has 12 heteroatoms. The molecule has 9 nitrogen and oxygen atoms in total. The molecular weight excluding hydrogens is 551 g/mol. The quantitative estimate of drug-likeness (QED) is 0.379. The zero-order valence-corrected chi connectivity index (χ0v) is 24.4. The highest BCUT2D eigenvalue weighted by Gasteiger charge is 2.46. The van der Waals surface area contributed by atoms with E-state index < -0.39 is 35.5 Å². The lowest BCUT2D eigenvalue weighted by molar-refractivity contribution is -0.124. The molecule has 3 aromatic rings. The van der Waals surface area contributed by atoms with Crippen LogP contribution in [0.1, 0.15) is 49.7 Å². The number of anilines is 1. The Morgan fingerprint density at radius 1 is 1.21 bits per heavy atom. The fourth-order valence-electron chi connectivity index (χ4n) is 5.63. The van der Waals surface area contributed by atoms with Crippen LogP contribution in [0.4, 0.5) is 23.8 Å². The Hall–Kier alpha value is -3.64. The second kappa shape index (κ2) is 11.9. The Bertz CT molecular complexity index is 1470. The molecule has 0 bridgehead atoms. The maximum Gasteiger partial charge on any atom is 0.415 e. The first kappa shape index (κ1) is 29.8. The van der Waals surface area contributed by atoms with Crippen LogP contribution in [-0.2, 0) is 10.7 Å². The van der Waals surface area contributed by atoms with E-state index >= 15 is 13.2 Å². The minimum atomic E-state index is -3.47. The highest BCUT2D eigenvalue weighted by molar-refractivity contribution is 5.92. The predicted octanol–water partition coefficient (Wildman–Crippen LogP) is 5.66.